The summed E-state index contributed by atoms with van der Waals surface area (Å²) in [4.78, 5) is 25.1. The number of piperidine rings is 1. The second kappa shape index (κ2) is 6.84. The number of carbonyl (C=O) groups excluding carboxylic acids is 1. The van der Waals surface area contributed by atoms with E-state index in [0.717, 1.165) is 32.5 Å². The van der Waals surface area contributed by atoms with Crippen LogP contribution in [0, 0.1) is 5.41 Å². The molecule has 0 bridgehead atoms. The topological polar surface area (TPSA) is 49.3 Å². The van der Waals surface area contributed by atoms with Gasteiger partial charge in [0.2, 0.25) is 0 Å². The third-order valence-corrected chi connectivity index (χ3v) is 6.49. The molecule has 6 heteroatoms. The van der Waals surface area contributed by atoms with Crippen molar-refractivity contribution >= 4 is 17.2 Å². The molecule has 2 fully saturated rings. The first-order valence-corrected chi connectivity index (χ1v) is 9.86. The van der Waals surface area contributed by atoms with Crippen molar-refractivity contribution in [3.05, 3.63) is 46.7 Å². The van der Waals surface area contributed by atoms with E-state index in [-0.39, 0.29) is 5.91 Å². The highest BCUT2D eigenvalue weighted by molar-refractivity contribution is 7.07. The van der Waals surface area contributed by atoms with E-state index in [1.807, 2.05) is 22.7 Å². The summed E-state index contributed by atoms with van der Waals surface area (Å²) in [6.07, 6.45) is 8.49. The summed E-state index contributed by atoms with van der Waals surface area (Å²) >= 11 is 1.48. The molecule has 2 aromatic heterocycles. The lowest BCUT2D eigenvalue weighted by Gasteiger charge is -2.54. The smallest absolute Gasteiger partial charge is 0.273 e. The van der Waals surface area contributed by atoms with Crippen LogP contribution in [-0.2, 0) is 6.54 Å². The van der Waals surface area contributed by atoms with E-state index in [2.05, 4.69) is 34.0 Å². The van der Waals surface area contributed by atoms with Gasteiger partial charge in [-0.15, -0.1) is 11.3 Å². The fraction of sp³-hybridized carbons (Fsp3) is 0.526. The van der Waals surface area contributed by atoms with Crippen molar-refractivity contribution in [2.75, 3.05) is 20.1 Å². The monoisotopic (exact) mass is 356 g/mol. The molecule has 1 saturated heterocycles. The number of thiazole rings is 1. The van der Waals surface area contributed by atoms with Crippen molar-refractivity contribution in [2.45, 2.75) is 38.3 Å². The number of pyridine rings is 1. The molecule has 132 valence electrons. The molecule has 25 heavy (non-hydrogen) atoms. The Hall–Kier alpha value is -1.79. The van der Waals surface area contributed by atoms with E-state index in [9.17, 15) is 4.79 Å². The molecule has 2 aromatic rings. The van der Waals surface area contributed by atoms with Crippen molar-refractivity contribution < 1.29 is 4.79 Å². The van der Waals surface area contributed by atoms with Crippen molar-refractivity contribution in [2.24, 2.45) is 5.41 Å². The Kier molecular flexibility index (Phi) is 4.56. The third-order valence-electron chi connectivity index (χ3n) is 5.90. The lowest BCUT2D eigenvalue weighted by Crippen LogP contribution is -2.54. The van der Waals surface area contributed by atoms with Crippen molar-refractivity contribution in [1.29, 1.82) is 0 Å². The highest BCUT2D eigenvalue weighted by Crippen LogP contribution is 2.51. The normalized spacial score (nSPS) is 20.0. The van der Waals surface area contributed by atoms with Gasteiger partial charge in [-0.05, 0) is 55.8 Å². The Morgan fingerprint density at radius 1 is 1.32 bits per heavy atom. The highest BCUT2D eigenvalue weighted by atomic mass is 32.1. The average molecular weight is 356 g/mol. The zero-order chi connectivity index (χ0) is 17.3. The molecule has 0 aromatic carbocycles. The zero-order valence-electron chi connectivity index (χ0n) is 14.6. The molecule has 1 aliphatic heterocycles. The minimum atomic E-state index is 0.0989. The van der Waals surface area contributed by atoms with Crippen LogP contribution in [0.25, 0.3) is 0 Å². The van der Waals surface area contributed by atoms with Crippen LogP contribution in [0.15, 0.2) is 35.4 Å². The van der Waals surface area contributed by atoms with Gasteiger partial charge in [0.25, 0.3) is 5.91 Å². The van der Waals surface area contributed by atoms with Gasteiger partial charge in [0, 0.05) is 43.4 Å². The number of hydrogen-bond donors (Lipinski definition) is 0. The fourth-order valence-electron chi connectivity index (χ4n) is 4.23. The van der Waals surface area contributed by atoms with Crippen LogP contribution in [-0.4, -0.2) is 51.9 Å². The quantitative estimate of drug-likeness (QED) is 0.845. The number of likely N-dealkylation sites (tertiary alicyclic amines) is 1. The van der Waals surface area contributed by atoms with Gasteiger partial charge in [0.05, 0.1) is 5.51 Å². The Morgan fingerprint density at radius 3 is 2.68 bits per heavy atom. The lowest BCUT2D eigenvalue weighted by atomic mass is 9.60. The second-order valence-corrected chi connectivity index (χ2v) is 8.22. The standard InChI is InChI=1S/C19H24N4OS/c1-22(12-15-2-6-20-7-3-15)16-10-19(11-16)4-8-23(9-5-19)18(24)17-13-25-14-21-17/h2-3,6-7,13-14,16H,4-5,8-12H2,1H3. The Morgan fingerprint density at radius 2 is 2.04 bits per heavy atom. The summed E-state index contributed by atoms with van der Waals surface area (Å²) in [5.41, 5.74) is 4.11. The van der Waals surface area contributed by atoms with Crippen LogP contribution in [0.4, 0.5) is 0 Å². The number of aromatic nitrogens is 2. The molecule has 5 nitrogen and oxygen atoms in total. The summed E-state index contributed by atoms with van der Waals surface area (Å²) in [5.74, 6) is 0.0989. The molecule has 0 radical (unpaired) electrons. The summed E-state index contributed by atoms with van der Waals surface area (Å²) in [7, 11) is 2.22. The van der Waals surface area contributed by atoms with E-state index in [4.69, 9.17) is 0 Å². The molecular weight excluding hydrogens is 332 g/mol. The summed E-state index contributed by atoms with van der Waals surface area (Å²) in [6.45, 7) is 2.73. The molecule has 0 N–H and O–H groups in total. The maximum Gasteiger partial charge on any atom is 0.273 e. The SMILES string of the molecule is CN(Cc1ccncc1)C1CC2(CCN(C(=O)c3cscn3)CC2)C1. The van der Waals surface area contributed by atoms with Gasteiger partial charge < -0.3 is 4.90 Å². The molecule has 1 spiro atoms. The predicted molar refractivity (Wildman–Crippen MR) is 98.4 cm³/mol. The maximum absolute atomic E-state index is 12.4. The van der Waals surface area contributed by atoms with Gasteiger partial charge in [-0.25, -0.2) is 4.98 Å². The van der Waals surface area contributed by atoms with E-state index in [1.165, 1.54) is 29.7 Å². The number of amides is 1. The van der Waals surface area contributed by atoms with Crippen molar-refractivity contribution in [3.8, 4) is 0 Å². The van der Waals surface area contributed by atoms with E-state index < -0.39 is 0 Å². The van der Waals surface area contributed by atoms with Gasteiger partial charge in [-0.2, -0.15) is 0 Å². The van der Waals surface area contributed by atoms with Gasteiger partial charge >= 0.3 is 0 Å². The molecule has 4 rings (SSSR count). The van der Waals surface area contributed by atoms with Gasteiger partial charge in [-0.1, -0.05) is 0 Å². The second-order valence-electron chi connectivity index (χ2n) is 7.50. The fourth-order valence-corrected chi connectivity index (χ4v) is 4.76. The van der Waals surface area contributed by atoms with E-state index in [1.54, 1.807) is 5.51 Å². The largest absolute Gasteiger partial charge is 0.337 e. The average Bonchev–Trinajstić information content (AvgIpc) is 3.14. The van der Waals surface area contributed by atoms with Crippen LogP contribution in [0.5, 0.6) is 0 Å². The minimum absolute atomic E-state index is 0.0989. The number of nitrogens with zero attached hydrogens (tertiary/aromatic N) is 4. The minimum Gasteiger partial charge on any atom is -0.337 e. The Bertz CT molecular complexity index is 702. The van der Waals surface area contributed by atoms with Crippen LogP contribution >= 0.6 is 11.3 Å². The van der Waals surface area contributed by atoms with E-state index in [0.29, 0.717) is 17.2 Å². The molecule has 1 amide bonds. The zero-order valence-corrected chi connectivity index (χ0v) is 15.4. The first-order chi connectivity index (χ1) is 12.2. The molecule has 2 aliphatic rings. The lowest BCUT2D eigenvalue weighted by molar-refractivity contribution is -0.0329. The molecule has 3 heterocycles. The van der Waals surface area contributed by atoms with Gasteiger partial charge in [0.15, 0.2) is 0 Å². The van der Waals surface area contributed by atoms with Crippen molar-refractivity contribution in [1.82, 2.24) is 19.8 Å². The first-order valence-electron chi connectivity index (χ1n) is 8.92. The van der Waals surface area contributed by atoms with Gasteiger partial charge in [-0.3, -0.25) is 14.7 Å². The van der Waals surface area contributed by atoms with Crippen LogP contribution in [0.3, 0.4) is 0 Å². The molecule has 0 unspecified atom stereocenters. The van der Waals surface area contributed by atoms with Crippen LogP contribution in [0.1, 0.15) is 41.7 Å². The summed E-state index contributed by atoms with van der Waals surface area (Å²) in [5, 5.41) is 1.85. The highest BCUT2D eigenvalue weighted by Gasteiger charge is 2.47. The summed E-state index contributed by atoms with van der Waals surface area (Å²) < 4.78 is 0. The first kappa shape index (κ1) is 16.7. The summed E-state index contributed by atoms with van der Waals surface area (Å²) in [6, 6.07) is 4.84. The molecule has 0 atom stereocenters. The maximum atomic E-state index is 12.4. The Labute approximate surface area is 152 Å². The van der Waals surface area contributed by atoms with E-state index >= 15 is 0 Å². The van der Waals surface area contributed by atoms with Crippen LogP contribution in [0.2, 0.25) is 0 Å². The Balaban J connectivity index is 1.27. The predicted octanol–water partition coefficient (Wildman–Crippen LogP) is 3.05. The van der Waals surface area contributed by atoms with Crippen molar-refractivity contribution in [3.63, 3.8) is 0 Å². The number of rotatable bonds is 4. The molecule has 1 saturated carbocycles. The molecular formula is C19H24N4OS. The number of hydrogen-bond acceptors (Lipinski definition) is 5. The van der Waals surface area contributed by atoms with Gasteiger partial charge in [0.1, 0.15) is 5.69 Å². The molecule has 1 aliphatic carbocycles. The van der Waals surface area contributed by atoms with Crippen LogP contribution < -0.4 is 0 Å². The number of carbonyl (C=O) groups is 1. The third kappa shape index (κ3) is 3.46.